The van der Waals surface area contributed by atoms with Gasteiger partial charge in [-0.15, -0.1) is 0 Å². The summed E-state index contributed by atoms with van der Waals surface area (Å²) in [5, 5.41) is 0. The maximum absolute atomic E-state index is 12.7. The van der Waals surface area contributed by atoms with E-state index in [1.807, 2.05) is 13.8 Å². The topological polar surface area (TPSA) is 66.5 Å². The standard InChI is InChI=1S/C20H32N2O3S/c1-5-8-9-16(6-2)14-21-26(24,25)18-10-11-19-17(13-18)12-15(4)22(19)20(23)7-3/h10-11,13,15-16,21H,5-9,12,14H2,1-4H3/t15-,16-/m0/s1. The lowest BCUT2D eigenvalue weighted by molar-refractivity contribution is -0.118. The molecule has 1 aromatic rings. The summed E-state index contributed by atoms with van der Waals surface area (Å²) in [6.07, 6.45) is 5.40. The van der Waals surface area contributed by atoms with Gasteiger partial charge in [0.2, 0.25) is 15.9 Å². The summed E-state index contributed by atoms with van der Waals surface area (Å²) in [6, 6.07) is 5.18. The first-order valence-electron chi connectivity index (χ1n) is 9.78. The molecular formula is C20H32N2O3S. The third kappa shape index (κ3) is 4.65. The minimum Gasteiger partial charge on any atom is -0.309 e. The number of carbonyl (C=O) groups is 1. The molecule has 0 unspecified atom stereocenters. The molecule has 2 rings (SSSR count). The first kappa shape index (κ1) is 20.9. The van der Waals surface area contributed by atoms with Crippen LogP contribution in [-0.4, -0.2) is 26.9 Å². The third-order valence-electron chi connectivity index (χ3n) is 5.25. The van der Waals surface area contributed by atoms with E-state index < -0.39 is 10.0 Å². The summed E-state index contributed by atoms with van der Waals surface area (Å²) in [7, 11) is -3.53. The molecule has 1 aliphatic heterocycles. The second-order valence-electron chi connectivity index (χ2n) is 7.23. The largest absolute Gasteiger partial charge is 0.309 e. The predicted molar refractivity (Wildman–Crippen MR) is 106 cm³/mol. The van der Waals surface area contributed by atoms with Gasteiger partial charge in [-0.3, -0.25) is 4.79 Å². The molecule has 0 fully saturated rings. The SMILES string of the molecule is CCCC[C@H](CC)CNS(=O)(=O)c1ccc2c(c1)C[C@H](C)N2C(=O)CC. The predicted octanol–water partition coefficient (Wildman–Crippen LogP) is 3.87. The Morgan fingerprint density at radius 3 is 2.65 bits per heavy atom. The van der Waals surface area contributed by atoms with Crippen molar-refractivity contribution in [3.8, 4) is 0 Å². The minimum absolute atomic E-state index is 0.0712. The lowest BCUT2D eigenvalue weighted by Crippen LogP contribution is -2.35. The van der Waals surface area contributed by atoms with Crippen LogP contribution in [0.1, 0.15) is 65.4 Å². The second-order valence-corrected chi connectivity index (χ2v) is 9.00. The van der Waals surface area contributed by atoms with Crippen molar-refractivity contribution in [2.24, 2.45) is 5.92 Å². The van der Waals surface area contributed by atoms with Crippen LogP contribution in [0.2, 0.25) is 0 Å². The van der Waals surface area contributed by atoms with Gasteiger partial charge >= 0.3 is 0 Å². The Morgan fingerprint density at radius 1 is 1.31 bits per heavy atom. The lowest BCUT2D eigenvalue weighted by atomic mass is 10.00. The number of sulfonamides is 1. The number of benzene rings is 1. The summed E-state index contributed by atoms with van der Waals surface area (Å²) in [6.45, 7) is 8.57. The number of unbranched alkanes of at least 4 members (excludes halogenated alkanes) is 1. The molecule has 0 bridgehead atoms. The lowest BCUT2D eigenvalue weighted by Gasteiger charge is -2.22. The van der Waals surface area contributed by atoms with E-state index in [0.717, 1.165) is 36.9 Å². The zero-order valence-electron chi connectivity index (χ0n) is 16.4. The minimum atomic E-state index is -3.53. The van der Waals surface area contributed by atoms with E-state index in [1.54, 1.807) is 23.1 Å². The van der Waals surface area contributed by atoms with Crippen LogP contribution in [0.4, 0.5) is 5.69 Å². The van der Waals surface area contributed by atoms with E-state index in [2.05, 4.69) is 18.6 Å². The molecule has 146 valence electrons. The number of hydrogen-bond acceptors (Lipinski definition) is 3. The Balaban J connectivity index is 2.14. The van der Waals surface area contributed by atoms with Gasteiger partial charge in [0.1, 0.15) is 0 Å². The van der Waals surface area contributed by atoms with E-state index in [4.69, 9.17) is 0 Å². The molecule has 0 radical (unpaired) electrons. The molecule has 0 aromatic heterocycles. The summed E-state index contributed by atoms with van der Waals surface area (Å²) in [4.78, 5) is 14.2. The zero-order valence-corrected chi connectivity index (χ0v) is 17.2. The maximum atomic E-state index is 12.7. The number of hydrogen-bond donors (Lipinski definition) is 1. The number of rotatable bonds is 9. The molecule has 1 aliphatic rings. The van der Waals surface area contributed by atoms with Crippen molar-refractivity contribution < 1.29 is 13.2 Å². The normalized spacial score (nSPS) is 18.0. The third-order valence-corrected chi connectivity index (χ3v) is 6.67. The van der Waals surface area contributed by atoms with Gasteiger partial charge < -0.3 is 4.90 Å². The zero-order chi connectivity index (χ0) is 19.3. The van der Waals surface area contributed by atoms with Crippen LogP contribution in [0.25, 0.3) is 0 Å². The average molecular weight is 381 g/mol. The van der Waals surface area contributed by atoms with Gasteiger partial charge in [-0.1, -0.05) is 40.0 Å². The monoisotopic (exact) mass is 380 g/mol. The Hall–Kier alpha value is -1.40. The Kier molecular flexibility index (Phi) is 7.24. The van der Waals surface area contributed by atoms with Crippen LogP contribution < -0.4 is 9.62 Å². The first-order valence-corrected chi connectivity index (χ1v) is 11.3. The molecule has 0 saturated carbocycles. The van der Waals surface area contributed by atoms with Crippen LogP contribution in [0.5, 0.6) is 0 Å². The summed E-state index contributed by atoms with van der Waals surface area (Å²) in [5.74, 6) is 0.448. The highest BCUT2D eigenvalue weighted by molar-refractivity contribution is 7.89. The molecule has 1 amide bonds. The number of nitrogens with one attached hydrogen (secondary N) is 1. The average Bonchev–Trinajstić information content (AvgIpc) is 2.96. The highest BCUT2D eigenvalue weighted by Crippen LogP contribution is 2.34. The van der Waals surface area contributed by atoms with Crippen LogP contribution in [-0.2, 0) is 21.2 Å². The molecule has 1 aromatic carbocycles. The Labute approximate surface area is 158 Å². The molecule has 6 heteroatoms. The van der Waals surface area contributed by atoms with Crippen molar-refractivity contribution in [2.75, 3.05) is 11.4 Å². The molecule has 2 atom stereocenters. The quantitative estimate of drug-likeness (QED) is 0.707. The van der Waals surface area contributed by atoms with Crippen LogP contribution >= 0.6 is 0 Å². The summed E-state index contributed by atoms with van der Waals surface area (Å²) >= 11 is 0. The van der Waals surface area contributed by atoms with Crippen molar-refractivity contribution >= 4 is 21.6 Å². The number of nitrogens with zero attached hydrogens (tertiary/aromatic N) is 1. The van der Waals surface area contributed by atoms with E-state index >= 15 is 0 Å². The number of fused-ring (bicyclic) bond motifs is 1. The fraction of sp³-hybridized carbons (Fsp3) is 0.650. The van der Waals surface area contributed by atoms with Crippen molar-refractivity contribution in [3.63, 3.8) is 0 Å². The van der Waals surface area contributed by atoms with Crippen molar-refractivity contribution in [2.45, 2.75) is 77.2 Å². The first-order chi connectivity index (χ1) is 12.3. The van der Waals surface area contributed by atoms with E-state index in [-0.39, 0.29) is 11.9 Å². The Morgan fingerprint density at radius 2 is 2.04 bits per heavy atom. The number of anilines is 1. The molecule has 5 nitrogen and oxygen atoms in total. The van der Waals surface area contributed by atoms with Gasteiger partial charge in [0.15, 0.2) is 0 Å². The van der Waals surface area contributed by atoms with Crippen molar-refractivity contribution in [3.05, 3.63) is 23.8 Å². The molecule has 1 heterocycles. The van der Waals surface area contributed by atoms with Gasteiger partial charge in [0.25, 0.3) is 0 Å². The molecule has 0 saturated heterocycles. The summed E-state index contributed by atoms with van der Waals surface area (Å²) in [5.41, 5.74) is 1.78. The molecule has 0 spiro atoms. The smallest absolute Gasteiger partial charge is 0.240 e. The fourth-order valence-corrected chi connectivity index (χ4v) is 4.75. The highest BCUT2D eigenvalue weighted by Gasteiger charge is 2.31. The van der Waals surface area contributed by atoms with Crippen LogP contribution in [0.15, 0.2) is 23.1 Å². The fourth-order valence-electron chi connectivity index (χ4n) is 3.58. The van der Waals surface area contributed by atoms with Gasteiger partial charge in [-0.2, -0.15) is 0 Å². The van der Waals surface area contributed by atoms with Gasteiger partial charge in [-0.25, -0.2) is 13.1 Å². The van der Waals surface area contributed by atoms with Gasteiger partial charge in [0, 0.05) is 24.7 Å². The summed E-state index contributed by atoms with van der Waals surface area (Å²) < 4.78 is 28.1. The van der Waals surface area contributed by atoms with Crippen LogP contribution in [0, 0.1) is 5.92 Å². The number of carbonyl (C=O) groups excluding carboxylic acids is 1. The highest BCUT2D eigenvalue weighted by atomic mass is 32.2. The van der Waals surface area contributed by atoms with Crippen LogP contribution in [0.3, 0.4) is 0 Å². The number of amides is 1. The van der Waals surface area contributed by atoms with Gasteiger partial charge in [0.05, 0.1) is 4.90 Å². The maximum Gasteiger partial charge on any atom is 0.240 e. The van der Waals surface area contributed by atoms with Crippen molar-refractivity contribution in [1.82, 2.24) is 4.72 Å². The van der Waals surface area contributed by atoms with E-state index in [9.17, 15) is 13.2 Å². The molecular weight excluding hydrogens is 348 g/mol. The molecule has 1 N–H and O–H groups in total. The van der Waals surface area contributed by atoms with Gasteiger partial charge in [-0.05, 0) is 49.4 Å². The Bertz CT molecular complexity index is 731. The molecule has 26 heavy (non-hydrogen) atoms. The van der Waals surface area contributed by atoms with E-state index in [1.165, 1.54) is 0 Å². The molecule has 0 aliphatic carbocycles. The van der Waals surface area contributed by atoms with Crippen molar-refractivity contribution in [1.29, 1.82) is 0 Å². The van der Waals surface area contributed by atoms with E-state index in [0.29, 0.717) is 30.2 Å². The second kappa shape index (κ2) is 9.00.